The number of anilines is 1. The SMILES string of the molecule is CC1=CC[C@@H]2C(=O)N(c3ccc(OC(=O)[C@@H]4CC(=O)N([C@H](C)c5ccccc5)C4)cc3)C(=O)[C@@H]2C1. The van der Waals surface area contributed by atoms with Crippen LogP contribution in [0.4, 0.5) is 5.69 Å². The first-order chi connectivity index (χ1) is 16.8. The minimum atomic E-state index is -0.547. The number of fused-ring (bicyclic) bond motifs is 1. The average Bonchev–Trinajstić information content (AvgIpc) is 3.37. The molecule has 7 heteroatoms. The zero-order chi connectivity index (χ0) is 24.7. The molecule has 0 saturated carbocycles. The fourth-order valence-corrected chi connectivity index (χ4v) is 5.33. The van der Waals surface area contributed by atoms with E-state index in [9.17, 15) is 19.2 Å². The third-order valence-corrected chi connectivity index (χ3v) is 7.38. The highest BCUT2D eigenvalue weighted by Crippen LogP contribution is 2.40. The molecule has 2 aliphatic heterocycles. The van der Waals surface area contributed by atoms with E-state index in [0.29, 0.717) is 30.8 Å². The number of amides is 3. The number of rotatable bonds is 5. The molecular formula is C28H28N2O5. The van der Waals surface area contributed by atoms with Crippen molar-refractivity contribution in [2.75, 3.05) is 11.4 Å². The molecule has 3 amide bonds. The Labute approximate surface area is 204 Å². The molecule has 1 aliphatic carbocycles. The van der Waals surface area contributed by atoms with Gasteiger partial charge < -0.3 is 9.64 Å². The number of nitrogens with zero attached hydrogens (tertiary/aromatic N) is 2. The molecule has 2 aromatic rings. The van der Waals surface area contributed by atoms with E-state index >= 15 is 0 Å². The number of esters is 1. The molecule has 3 aliphatic rings. The van der Waals surface area contributed by atoms with Gasteiger partial charge in [0, 0.05) is 13.0 Å². The summed E-state index contributed by atoms with van der Waals surface area (Å²) in [6.07, 6.45) is 3.35. The lowest BCUT2D eigenvalue weighted by Gasteiger charge is -2.25. The summed E-state index contributed by atoms with van der Waals surface area (Å²) in [5.41, 5.74) is 2.63. The minimum Gasteiger partial charge on any atom is -0.426 e. The fourth-order valence-electron chi connectivity index (χ4n) is 5.33. The first-order valence-electron chi connectivity index (χ1n) is 12.0. The van der Waals surface area contributed by atoms with Gasteiger partial charge in [-0.05, 0) is 56.5 Å². The second-order valence-corrected chi connectivity index (χ2v) is 9.66. The maximum absolute atomic E-state index is 12.9. The molecule has 0 N–H and O–H groups in total. The summed E-state index contributed by atoms with van der Waals surface area (Å²) in [6.45, 7) is 4.24. The zero-order valence-corrected chi connectivity index (χ0v) is 19.8. The highest BCUT2D eigenvalue weighted by Gasteiger charge is 2.48. The Morgan fingerprint density at radius 1 is 0.943 bits per heavy atom. The van der Waals surface area contributed by atoms with Gasteiger partial charge in [0.15, 0.2) is 0 Å². The van der Waals surface area contributed by atoms with Gasteiger partial charge in [-0.3, -0.25) is 24.1 Å². The van der Waals surface area contributed by atoms with Crippen LogP contribution in [-0.4, -0.2) is 35.1 Å². The van der Waals surface area contributed by atoms with Crippen molar-refractivity contribution in [2.45, 2.75) is 39.2 Å². The average molecular weight is 473 g/mol. The van der Waals surface area contributed by atoms with Crippen LogP contribution in [0.5, 0.6) is 5.75 Å². The quantitative estimate of drug-likeness (QED) is 0.284. The first-order valence-corrected chi connectivity index (χ1v) is 12.0. The third-order valence-electron chi connectivity index (χ3n) is 7.38. The second kappa shape index (κ2) is 9.13. The van der Waals surface area contributed by atoms with Crippen molar-refractivity contribution in [3.63, 3.8) is 0 Å². The number of imide groups is 1. The van der Waals surface area contributed by atoms with Crippen molar-refractivity contribution in [1.82, 2.24) is 4.90 Å². The maximum Gasteiger partial charge on any atom is 0.316 e. The number of ether oxygens (including phenoxy) is 1. The van der Waals surface area contributed by atoms with Crippen molar-refractivity contribution in [2.24, 2.45) is 17.8 Å². The molecular weight excluding hydrogens is 444 g/mol. The van der Waals surface area contributed by atoms with E-state index < -0.39 is 11.9 Å². The molecule has 2 saturated heterocycles. The number of hydrogen-bond donors (Lipinski definition) is 0. The molecule has 2 aromatic carbocycles. The lowest BCUT2D eigenvalue weighted by Crippen LogP contribution is -2.31. The molecule has 2 heterocycles. The molecule has 35 heavy (non-hydrogen) atoms. The highest BCUT2D eigenvalue weighted by atomic mass is 16.5. The summed E-state index contributed by atoms with van der Waals surface area (Å²) in [5, 5.41) is 0. The zero-order valence-electron chi connectivity index (χ0n) is 19.8. The molecule has 0 spiro atoms. The lowest BCUT2D eigenvalue weighted by molar-refractivity contribution is -0.139. The van der Waals surface area contributed by atoms with E-state index in [1.54, 1.807) is 29.2 Å². The highest BCUT2D eigenvalue weighted by molar-refractivity contribution is 6.22. The molecule has 180 valence electrons. The molecule has 2 fully saturated rings. The van der Waals surface area contributed by atoms with Gasteiger partial charge in [0.25, 0.3) is 0 Å². The summed E-state index contributed by atoms with van der Waals surface area (Å²) in [5.74, 6) is -1.72. The van der Waals surface area contributed by atoms with Gasteiger partial charge in [-0.1, -0.05) is 42.0 Å². The van der Waals surface area contributed by atoms with Crippen LogP contribution >= 0.6 is 0 Å². The minimum absolute atomic E-state index is 0.0732. The molecule has 0 bridgehead atoms. The number of hydrogen-bond acceptors (Lipinski definition) is 5. The van der Waals surface area contributed by atoms with Crippen LogP contribution in [0, 0.1) is 17.8 Å². The van der Waals surface area contributed by atoms with E-state index in [2.05, 4.69) is 0 Å². The van der Waals surface area contributed by atoms with E-state index in [4.69, 9.17) is 4.74 Å². The van der Waals surface area contributed by atoms with Gasteiger partial charge >= 0.3 is 5.97 Å². The Hall–Kier alpha value is -3.74. The predicted octanol–water partition coefficient (Wildman–Crippen LogP) is 4.05. The van der Waals surface area contributed by atoms with Crippen molar-refractivity contribution < 1.29 is 23.9 Å². The Balaban J connectivity index is 1.23. The summed E-state index contributed by atoms with van der Waals surface area (Å²) >= 11 is 0. The summed E-state index contributed by atoms with van der Waals surface area (Å²) in [6, 6.07) is 16.0. The predicted molar refractivity (Wildman–Crippen MR) is 129 cm³/mol. The number of carbonyl (C=O) groups is 4. The summed E-state index contributed by atoms with van der Waals surface area (Å²) in [4.78, 5) is 54.1. The van der Waals surface area contributed by atoms with E-state index in [-0.39, 0.29) is 42.0 Å². The number of likely N-dealkylation sites (tertiary alicyclic amines) is 1. The van der Waals surface area contributed by atoms with Crippen molar-refractivity contribution in [3.8, 4) is 5.75 Å². The van der Waals surface area contributed by atoms with E-state index in [1.165, 1.54) is 4.90 Å². The molecule has 5 rings (SSSR count). The molecule has 7 nitrogen and oxygen atoms in total. The molecule has 4 atom stereocenters. The number of carbonyl (C=O) groups excluding carboxylic acids is 4. The smallest absolute Gasteiger partial charge is 0.316 e. The third kappa shape index (κ3) is 4.27. The van der Waals surface area contributed by atoms with Crippen molar-refractivity contribution in [3.05, 3.63) is 71.8 Å². The fraction of sp³-hybridized carbons (Fsp3) is 0.357. The number of benzene rings is 2. The Bertz CT molecular complexity index is 1200. The van der Waals surface area contributed by atoms with E-state index in [1.807, 2.05) is 50.3 Å². The van der Waals surface area contributed by atoms with Gasteiger partial charge in [-0.15, -0.1) is 0 Å². The monoisotopic (exact) mass is 472 g/mol. The molecule has 0 aromatic heterocycles. The maximum atomic E-state index is 12.9. The topological polar surface area (TPSA) is 84.0 Å². The van der Waals surface area contributed by atoms with E-state index in [0.717, 1.165) is 11.1 Å². The van der Waals surface area contributed by atoms with Gasteiger partial charge in [-0.2, -0.15) is 0 Å². The summed E-state index contributed by atoms with van der Waals surface area (Å²) in [7, 11) is 0. The lowest BCUT2D eigenvalue weighted by atomic mass is 9.82. The van der Waals surface area contributed by atoms with Gasteiger partial charge in [0.05, 0.1) is 29.5 Å². The van der Waals surface area contributed by atoms with Gasteiger partial charge in [-0.25, -0.2) is 0 Å². The van der Waals surface area contributed by atoms with Crippen molar-refractivity contribution in [1.29, 1.82) is 0 Å². The van der Waals surface area contributed by atoms with Crippen LogP contribution in [0.25, 0.3) is 0 Å². The largest absolute Gasteiger partial charge is 0.426 e. The van der Waals surface area contributed by atoms with Gasteiger partial charge in [0.1, 0.15) is 5.75 Å². The number of allylic oxidation sites excluding steroid dienone is 2. The van der Waals surface area contributed by atoms with Crippen LogP contribution in [0.2, 0.25) is 0 Å². The Morgan fingerprint density at radius 2 is 1.63 bits per heavy atom. The van der Waals surface area contributed by atoms with Crippen LogP contribution in [0.3, 0.4) is 0 Å². The first kappa shape index (κ1) is 23.0. The van der Waals surface area contributed by atoms with Crippen LogP contribution in [-0.2, 0) is 19.2 Å². The molecule has 0 unspecified atom stereocenters. The summed E-state index contributed by atoms with van der Waals surface area (Å²) < 4.78 is 5.55. The van der Waals surface area contributed by atoms with Crippen LogP contribution in [0.15, 0.2) is 66.2 Å². The van der Waals surface area contributed by atoms with Crippen molar-refractivity contribution >= 4 is 29.4 Å². The Kier molecular flexibility index (Phi) is 6.01. The Morgan fingerprint density at radius 3 is 2.34 bits per heavy atom. The molecule has 0 radical (unpaired) electrons. The normalized spacial score (nSPS) is 24.9. The van der Waals surface area contributed by atoms with Crippen LogP contribution in [0.1, 0.15) is 44.7 Å². The van der Waals surface area contributed by atoms with Gasteiger partial charge in [0.2, 0.25) is 17.7 Å². The van der Waals surface area contributed by atoms with Crippen LogP contribution < -0.4 is 9.64 Å². The standard InChI is InChI=1S/C28H28N2O5/c1-17-8-13-23-24(14-17)27(33)30(26(23)32)21-9-11-22(12-10-21)35-28(34)20-15-25(31)29(16-20)18(2)19-6-4-3-5-7-19/h3-12,18,20,23-24H,13-16H2,1-2H3/t18-,20-,23+,24-/m1/s1. The second-order valence-electron chi connectivity index (χ2n) is 9.66.